The molecule has 0 unspecified atom stereocenters. The quantitative estimate of drug-likeness (QED) is 0.642. The SMILES string of the molecule is CC(C)Nn1ncc2cc(N)c(N)cc21. The summed E-state index contributed by atoms with van der Waals surface area (Å²) < 4.78 is 0. The maximum Gasteiger partial charge on any atom is 0.0940 e. The van der Waals surface area contributed by atoms with Crippen LogP contribution in [-0.2, 0) is 0 Å². The van der Waals surface area contributed by atoms with Gasteiger partial charge in [-0.05, 0) is 26.0 Å². The van der Waals surface area contributed by atoms with Crippen LogP contribution in [0.25, 0.3) is 10.9 Å². The van der Waals surface area contributed by atoms with Crippen molar-refractivity contribution in [3.05, 3.63) is 18.3 Å². The van der Waals surface area contributed by atoms with Crippen LogP contribution in [0.2, 0.25) is 0 Å². The second-order valence-corrected chi connectivity index (χ2v) is 3.88. The summed E-state index contributed by atoms with van der Waals surface area (Å²) in [5, 5.41) is 5.19. The zero-order valence-corrected chi connectivity index (χ0v) is 8.86. The molecule has 0 bridgehead atoms. The molecule has 1 aromatic carbocycles. The number of benzene rings is 1. The molecule has 15 heavy (non-hydrogen) atoms. The lowest BCUT2D eigenvalue weighted by molar-refractivity contribution is 0.686. The summed E-state index contributed by atoms with van der Waals surface area (Å²) in [6.45, 7) is 4.10. The normalized spacial score (nSPS) is 11.1. The van der Waals surface area contributed by atoms with Crippen molar-refractivity contribution in [2.75, 3.05) is 16.9 Å². The molecule has 0 amide bonds. The third kappa shape index (κ3) is 1.68. The van der Waals surface area contributed by atoms with Crippen LogP contribution in [0, 0.1) is 0 Å². The Kier molecular flexibility index (Phi) is 2.15. The average molecular weight is 205 g/mol. The van der Waals surface area contributed by atoms with Gasteiger partial charge in [-0.3, -0.25) is 0 Å². The monoisotopic (exact) mass is 205 g/mol. The number of aromatic nitrogens is 2. The van der Waals surface area contributed by atoms with Crippen molar-refractivity contribution in [3.63, 3.8) is 0 Å². The number of nitrogens with one attached hydrogen (secondary N) is 1. The van der Waals surface area contributed by atoms with E-state index in [2.05, 4.69) is 10.5 Å². The van der Waals surface area contributed by atoms with E-state index in [1.165, 1.54) is 0 Å². The van der Waals surface area contributed by atoms with Crippen LogP contribution in [-0.4, -0.2) is 15.9 Å². The fourth-order valence-corrected chi connectivity index (χ4v) is 1.46. The van der Waals surface area contributed by atoms with E-state index in [-0.39, 0.29) is 0 Å². The third-order valence-electron chi connectivity index (χ3n) is 2.15. The van der Waals surface area contributed by atoms with Crippen LogP contribution in [0.1, 0.15) is 13.8 Å². The van der Waals surface area contributed by atoms with Crippen LogP contribution >= 0.6 is 0 Å². The van der Waals surface area contributed by atoms with Gasteiger partial charge in [-0.1, -0.05) is 0 Å². The zero-order chi connectivity index (χ0) is 11.0. The number of nitrogens with two attached hydrogens (primary N) is 2. The van der Waals surface area contributed by atoms with Gasteiger partial charge in [0, 0.05) is 11.4 Å². The summed E-state index contributed by atoms with van der Waals surface area (Å²) in [5.41, 5.74) is 16.8. The minimum absolute atomic E-state index is 0.312. The van der Waals surface area contributed by atoms with Gasteiger partial charge in [0.05, 0.1) is 23.1 Å². The van der Waals surface area contributed by atoms with Gasteiger partial charge in [-0.2, -0.15) is 9.89 Å². The van der Waals surface area contributed by atoms with Gasteiger partial charge in [-0.15, -0.1) is 0 Å². The van der Waals surface area contributed by atoms with E-state index in [1.807, 2.05) is 26.0 Å². The lowest BCUT2D eigenvalue weighted by atomic mass is 10.2. The molecule has 5 N–H and O–H groups in total. The van der Waals surface area contributed by atoms with Crippen molar-refractivity contribution < 1.29 is 0 Å². The number of anilines is 2. The Morgan fingerprint density at radius 1 is 1.27 bits per heavy atom. The van der Waals surface area contributed by atoms with Gasteiger partial charge in [0.25, 0.3) is 0 Å². The van der Waals surface area contributed by atoms with Crippen LogP contribution in [0.15, 0.2) is 18.3 Å². The number of rotatable bonds is 2. The molecule has 0 fully saturated rings. The summed E-state index contributed by atoms with van der Waals surface area (Å²) in [5.74, 6) is 0. The van der Waals surface area contributed by atoms with Crippen LogP contribution in [0.4, 0.5) is 11.4 Å². The first-order valence-corrected chi connectivity index (χ1v) is 4.87. The Bertz CT molecular complexity index is 486. The Morgan fingerprint density at radius 3 is 2.60 bits per heavy atom. The highest BCUT2D eigenvalue weighted by Crippen LogP contribution is 2.22. The maximum absolute atomic E-state index is 5.75. The van der Waals surface area contributed by atoms with Gasteiger partial charge < -0.3 is 16.9 Å². The van der Waals surface area contributed by atoms with Gasteiger partial charge in [-0.25, -0.2) is 0 Å². The lowest BCUT2D eigenvalue weighted by Crippen LogP contribution is -2.23. The fourth-order valence-electron chi connectivity index (χ4n) is 1.46. The molecule has 5 nitrogen and oxygen atoms in total. The second-order valence-electron chi connectivity index (χ2n) is 3.88. The van der Waals surface area contributed by atoms with E-state index in [9.17, 15) is 0 Å². The maximum atomic E-state index is 5.75. The minimum Gasteiger partial charge on any atom is -0.397 e. The molecule has 0 atom stereocenters. The molecule has 5 heteroatoms. The Hall–Kier alpha value is -1.91. The topological polar surface area (TPSA) is 81.9 Å². The van der Waals surface area contributed by atoms with E-state index in [0.717, 1.165) is 10.9 Å². The highest BCUT2D eigenvalue weighted by molar-refractivity contribution is 5.88. The Morgan fingerprint density at radius 2 is 1.93 bits per heavy atom. The molecule has 2 aromatic rings. The first-order chi connectivity index (χ1) is 7.08. The molecule has 0 spiro atoms. The van der Waals surface area contributed by atoms with Gasteiger partial charge in [0.2, 0.25) is 0 Å². The number of hydrogen-bond acceptors (Lipinski definition) is 4. The van der Waals surface area contributed by atoms with Crippen molar-refractivity contribution >= 4 is 22.3 Å². The number of hydrogen-bond donors (Lipinski definition) is 3. The van der Waals surface area contributed by atoms with Crippen LogP contribution in [0.5, 0.6) is 0 Å². The smallest absolute Gasteiger partial charge is 0.0940 e. The summed E-state index contributed by atoms with van der Waals surface area (Å²) in [6, 6.07) is 3.97. The van der Waals surface area contributed by atoms with Crippen molar-refractivity contribution in [1.29, 1.82) is 0 Å². The first-order valence-electron chi connectivity index (χ1n) is 4.87. The lowest BCUT2D eigenvalue weighted by Gasteiger charge is -2.11. The summed E-state index contributed by atoms with van der Waals surface area (Å²) in [6.07, 6.45) is 1.76. The molecule has 0 saturated heterocycles. The van der Waals surface area contributed by atoms with Crippen molar-refractivity contribution in [3.8, 4) is 0 Å². The fraction of sp³-hybridized carbons (Fsp3) is 0.300. The van der Waals surface area contributed by atoms with Crippen molar-refractivity contribution in [1.82, 2.24) is 9.89 Å². The van der Waals surface area contributed by atoms with Crippen molar-refractivity contribution in [2.24, 2.45) is 0 Å². The number of nitrogens with zero attached hydrogens (tertiary/aromatic N) is 2. The molecule has 0 radical (unpaired) electrons. The molecule has 1 aromatic heterocycles. The summed E-state index contributed by atoms with van der Waals surface area (Å²) in [4.78, 5) is 1.72. The highest BCUT2D eigenvalue weighted by atomic mass is 15.6. The standard InChI is InChI=1S/C10H15N5/c1-6(2)14-15-10-4-9(12)8(11)3-7(10)5-13-15/h3-6,14H,11-12H2,1-2H3. The van der Waals surface area contributed by atoms with E-state index >= 15 is 0 Å². The molecule has 0 aliphatic carbocycles. The zero-order valence-electron chi connectivity index (χ0n) is 8.86. The van der Waals surface area contributed by atoms with Gasteiger partial charge in [0.15, 0.2) is 0 Å². The Labute approximate surface area is 88.0 Å². The Balaban J connectivity index is 2.54. The molecule has 0 saturated carbocycles. The number of fused-ring (bicyclic) bond motifs is 1. The third-order valence-corrected chi connectivity index (χ3v) is 2.15. The predicted octanol–water partition coefficient (Wildman–Crippen LogP) is 1.15. The largest absolute Gasteiger partial charge is 0.397 e. The average Bonchev–Trinajstić information content (AvgIpc) is 2.49. The molecule has 0 aliphatic heterocycles. The molecule has 0 aliphatic rings. The summed E-state index contributed by atoms with van der Waals surface area (Å²) in [7, 11) is 0. The number of nitrogen functional groups attached to an aromatic ring is 2. The second kappa shape index (κ2) is 3.34. The molecule has 1 heterocycles. The van der Waals surface area contributed by atoms with Gasteiger partial charge in [0.1, 0.15) is 0 Å². The molecule has 2 rings (SSSR count). The predicted molar refractivity (Wildman–Crippen MR) is 63.1 cm³/mol. The minimum atomic E-state index is 0.312. The van der Waals surface area contributed by atoms with E-state index in [1.54, 1.807) is 11.0 Å². The summed E-state index contributed by atoms with van der Waals surface area (Å²) >= 11 is 0. The highest BCUT2D eigenvalue weighted by Gasteiger charge is 2.05. The van der Waals surface area contributed by atoms with Gasteiger partial charge >= 0.3 is 0 Å². The van der Waals surface area contributed by atoms with E-state index < -0.39 is 0 Å². The molecular formula is C10H15N5. The molecular weight excluding hydrogens is 190 g/mol. The molecule has 80 valence electrons. The van der Waals surface area contributed by atoms with Crippen molar-refractivity contribution in [2.45, 2.75) is 19.9 Å². The van der Waals surface area contributed by atoms with E-state index in [4.69, 9.17) is 11.5 Å². The van der Waals surface area contributed by atoms with E-state index in [0.29, 0.717) is 17.4 Å². The van der Waals surface area contributed by atoms with Crippen LogP contribution < -0.4 is 16.9 Å². The first kappa shape index (κ1) is 9.64. The van der Waals surface area contributed by atoms with Crippen LogP contribution in [0.3, 0.4) is 0 Å².